The Morgan fingerprint density at radius 3 is 2.75 bits per heavy atom. The number of amides is 2. The lowest BCUT2D eigenvalue weighted by molar-refractivity contribution is -0.117. The molecule has 1 atom stereocenters. The van der Waals surface area contributed by atoms with Crippen LogP contribution < -0.4 is 15.4 Å². The van der Waals surface area contributed by atoms with Gasteiger partial charge in [-0.3, -0.25) is 9.59 Å². The van der Waals surface area contributed by atoms with Crippen LogP contribution in [-0.4, -0.2) is 30.6 Å². The van der Waals surface area contributed by atoms with Gasteiger partial charge in [-0.05, 0) is 35.9 Å². The molecule has 0 bridgehead atoms. The van der Waals surface area contributed by atoms with Crippen molar-refractivity contribution in [2.24, 2.45) is 5.73 Å². The standard InChI is InChI=1S/C18H18N2O4/c1-24-16-6-5-11(8-15(16)21)13-9-17(22)20(10-13)14-4-2-3-12(7-14)18(19)23/h2-8,13,21H,9-10H2,1H3,(H2,19,23). The van der Waals surface area contributed by atoms with E-state index in [1.165, 1.54) is 7.11 Å². The summed E-state index contributed by atoms with van der Waals surface area (Å²) >= 11 is 0. The molecule has 1 heterocycles. The quantitative estimate of drug-likeness (QED) is 0.899. The first-order valence-electron chi connectivity index (χ1n) is 7.56. The number of carbonyl (C=O) groups excluding carboxylic acids is 2. The fraction of sp³-hybridized carbons (Fsp3) is 0.222. The molecule has 0 aromatic heterocycles. The lowest BCUT2D eigenvalue weighted by atomic mass is 9.98. The summed E-state index contributed by atoms with van der Waals surface area (Å²) in [4.78, 5) is 25.3. The summed E-state index contributed by atoms with van der Waals surface area (Å²) in [5.74, 6) is -0.144. The number of anilines is 1. The summed E-state index contributed by atoms with van der Waals surface area (Å²) in [7, 11) is 1.49. The maximum Gasteiger partial charge on any atom is 0.248 e. The Kier molecular flexibility index (Phi) is 4.12. The average Bonchev–Trinajstić information content (AvgIpc) is 2.96. The lowest BCUT2D eigenvalue weighted by Crippen LogP contribution is -2.24. The molecule has 0 aliphatic carbocycles. The van der Waals surface area contributed by atoms with E-state index in [2.05, 4.69) is 0 Å². The van der Waals surface area contributed by atoms with Gasteiger partial charge in [0, 0.05) is 30.1 Å². The topological polar surface area (TPSA) is 92.9 Å². The fourth-order valence-corrected chi connectivity index (χ4v) is 2.97. The van der Waals surface area contributed by atoms with Crippen molar-refractivity contribution < 1.29 is 19.4 Å². The Labute approximate surface area is 139 Å². The maximum absolute atomic E-state index is 12.4. The molecule has 1 unspecified atom stereocenters. The molecule has 0 radical (unpaired) electrons. The first-order valence-corrected chi connectivity index (χ1v) is 7.56. The molecule has 1 aliphatic heterocycles. The fourth-order valence-electron chi connectivity index (χ4n) is 2.97. The number of rotatable bonds is 4. The number of methoxy groups -OCH3 is 1. The molecule has 0 spiro atoms. The molecule has 1 fully saturated rings. The van der Waals surface area contributed by atoms with Crippen LogP contribution in [0.25, 0.3) is 0 Å². The zero-order valence-electron chi connectivity index (χ0n) is 13.2. The van der Waals surface area contributed by atoms with Gasteiger partial charge in [0.05, 0.1) is 7.11 Å². The second-order valence-corrected chi connectivity index (χ2v) is 5.75. The second-order valence-electron chi connectivity index (χ2n) is 5.75. The summed E-state index contributed by atoms with van der Waals surface area (Å²) in [5, 5.41) is 9.92. The van der Waals surface area contributed by atoms with E-state index >= 15 is 0 Å². The van der Waals surface area contributed by atoms with Gasteiger partial charge in [-0.1, -0.05) is 12.1 Å². The monoisotopic (exact) mass is 326 g/mol. The number of ether oxygens (including phenoxy) is 1. The number of nitrogens with two attached hydrogens (primary N) is 1. The minimum Gasteiger partial charge on any atom is -0.504 e. The first-order chi connectivity index (χ1) is 11.5. The van der Waals surface area contributed by atoms with Gasteiger partial charge in [0.1, 0.15) is 0 Å². The van der Waals surface area contributed by atoms with Crippen molar-refractivity contribution in [3.63, 3.8) is 0 Å². The molecule has 1 saturated heterocycles. The minimum atomic E-state index is -0.528. The van der Waals surface area contributed by atoms with E-state index in [9.17, 15) is 14.7 Å². The van der Waals surface area contributed by atoms with Gasteiger partial charge in [-0.25, -0.2) is 0 Å². The predicted octanol–water partition coefficient (Wildman–Crippen LogP) is 2.02. The summed E-state index contributed by atoms with van der Waals surface area (Å²) < 4.78 is 5.04. The van der Waals surface area contributed by atoms with Crippen molar-refractivity contribution >= 4 is 17.5 Å². The Balaban J connectivity index is 1.84. The van der Waals surface area contributed by atoms with Crippen LogP contribution in [0.4, 0.5) is 5.69 Å². The van der Waals surface area contributed by atoms with Crippen LogP contribution in [0, 0.1) is 0 Å². The number of primary amides is 1. The van der Waals surface area contributed by atoms with Crippen molar-refractivity contribution in [2.75, 3.05) is 18.6 Å². The minimum absolute atomic E-state index is 0.0306. The van der Waals surface area contributed by atoms with Crippen molar-refractivity contribution in [3.8, 4) is 11.5 Å². The Hall–Kier alpha value is -3.02. The van der Waals surface area contributed by atoms with Gasteiger partial charge in [0.15, 0.2) is 11.5 Å². The molecule has 6 nitrogen and oxygen atoms in total. The zero-order chi connectivity index (χ0) is 17.3. The van der Waals surface area contributed by atoms with E-state index in [1.807, 2.05) is 6.07 Å². The highest BCUT2D eigenvalue weighted by Gasteiger charge is 2.32. The Morgan fingerprint density at radius 1 is 1.29 bits per heavy atom. The SMILES string of the molecule is COc1ccc(C2CC(=O)N(c3cccc(C(N)=O)c3)C2)cc1O. The van der Waals surface area contributed by atoms with Crippen LogP contribution in [0.3, 0.4) is 0 Å². The van der Waals surface area contributed by atoms with E-state index in [1.54, 1.807) is 41.3 Å². The third-order valence-corrected chi connectivity index (χ3v) is 4.24. The van der Waals surface area contributed by atoms with Gasteiger partial charge < -0.3 is 20.5 Å². The van der Waals surface area contributed by atoms with Crippen molar-refractivity contribution in [1.82, 2.24) is 0 Å². The van der Waals surface area contributed by atoms with Crippen molar-refractivity contribution in [3.05, 3.63) is 53.6 Å². The van der Waals surface area contributed by atoms with E-state index < -0.39 is 5.91 Å². The average molecular weight is 326 g/mol. The molecule has 3 N–H and O–H groups in total. The highest BCUT2D eigenvalue weighted by atomic mass is 16.5. The summed E-state index contributed by atoms with van der Waals surface area (Å²) in [6, 6.07) is 11.9. The predicted molar refractivity (Wildman–Crippen MR) is 89.3 cm³/mol. The molecular weight excluding hydrogens is 308 g/mol. The van der Waals surface area contributed by atoms with Gasteiger partial charge in [-0.15, -0.1) is 0 Å². The summed E-state index contributed by atoms with van der Waals surface area (Å²) in [5.41, 5.74) is 7.18. The number of benzene rings is 2. The third-order valence-electron chi connectivity index (χ3n) is 4.24. The zero-order valence-corrected chi connectivity index (χ0v) is 13.2. The number of hydrogen-bond donors (Lipinski definition) is 2. The van der Waals surface area contributed by atoms with E-state index in [0.717, 1.165) is 5.56 Å². The highest BCUT2D eigenvalue weighted by Crippen LogP contribution is 2.35. The number of nitrogens with zero attached hydrogens (tertiary/aromatic N) is 1. The highest BCUT2D eigenvalue weighted by molar-refractivity contribution is 5.99. The van der Waals surface area contributed by atoms with Gasteiger partial charge in [0.25, 0.3) is 0 Å². The molecule has 1 aliphatic rings. The van der Waals surface area contributed by atoms with Crippen LogP contribution in [0.1, 0.15) is 28.3 Å². The number of hydrogen-bond acceptors (Lipinski definition) is 4. The van der Waals surface area contributed by atoms with Crippen LogP contribution in [0.15, 0.2) is 42.5 Å². The van der Waals surface area contributed by atoms with E-state index in [4.69, 9.17) is 10.5 Å². The molecule has 3 rings (SSSR count). The Morgan fingerprint density at radius 2 is 2.08 bits per heavy atom. The largest absolute Gasteiger partial charge is 0.504 e. The molecule has 2 aromatic carbocycles. The number of carbonyl (C=O) groups is 2. The first kappa shape index (κ1) is 15.9. The summed E-state index contributed by atoms with van der Waals surface area (Å²) in [6.07, 6.45) is 0.340. The van der Waals surface area contributed by atoms with Gasteiger partial charge >= 0.3 is 0 Å². The third kappa shape index (κ3) is 2.90. The van der Waals surface area contributed by atoms with Gasteiger partial charge in [0.2, 0.25) is 11.8 Å². The number of phenolic OH excluding ortho intramolecular Hbond substituents is 1. The van der Waals surface area contributed by atoms with Crippen molar-refractivity contribution in [2.45, 2.75) is 12.3 Å². The molecule has 24 heavy (non-hydrogen) atoms. The van der Waals surface area contributed by atoms with Crippen LogP contribution in [-0.2, 0) is 4.79 Å². The molecule has 6 heteroatoms. The maximum atomic E-state index is 12.4. The Bertz CT molecular complexity index is 803. The molecule has 124 valence electrons. The normalized spacial score (nSPS) is 17.1. The second kappa shape index (κ2) is 6.23. The number of phenols is 1. The van der Waals surface area contributed by atoms with Crippen molar-refractivity contribution in [1.29, 1.82) is 0 Å². The van der Waals surface area contributed by atoms with Crippen LogP contribution >= 0.6 is 0 Å². The molecule has 2 aromatic rings. The molecule has 2 amide bonds. The van der Waals surface area contributed by atoms with Crippen LogP contribution in [0.5, 0.6) is 11.5 Å². The lowest BCUT2D eigenvalue weighted by Gasteiger charge is -2.17. The number of aromatic hydroxyl groups is 1. The summed E-state index contributed by atoms with van der Waals surface area (Å²) in [6.45, 7) is 0.479. The van der Waals surface area contributed by atoms with Crippen LogP contribution in [0.2, 0.25) is 0 Å². The molecule has 0 saturated carbocycles. The molecular formula is C18H18N2O4. The van der Waals surface area contributed by atoms with E-state index in [0.29, 0.717) is 30.0 Å². The smallest absolute Gasteiger partial charge is 0.248 e. The van der Waals surface area contributed by atoms with E-state index in [-0.39, 0.29) is 17.6 Å². The van der Waals surface area contributed by atoms with Gasteiger partial charge in [-0.2, -0.15) is 0 Å².